The number of benzene rings is 6. The second-order valence-electron chi connectivity index (χ2n) is 26.2. The van der Waals surface area contributed by atoms with Gasteiger partial charge < -0.3 is 59.0 Å². The van der Waals surface area contributed by atoms with Gasteiger partial charge in [0.2, 0.25) is 11.8 Å². The van der Waals surface area contributed by atoms with E-state index in [1.165, 1.54) is 46.2 Å². The molecule has 0 radical (unpaired) electrons. The standard InChI is InChI=1S/C74H84F8N8O8/c1-84(34-14-35-86(3)68(93)53-22-27-63(62(76)45-53)83-33-13-5-8-21-66(91)85(2)41-42-87-36-28-59(29-37-87)90(70(95)96)64-20-12-10-18-60(64)51-15-6-4-7-16-51)67(92)48-97-65-46-52-17-9-11-19-61(52)71(65)30-38-88(39-31-71)40-32-72(55-23-25-58(75)26-24-55)49-89(50-98-72)69(94)54-43-56(73(77,78)79)47-57(44-54)74(80,81)82/h4,6-7,9-12,15-20,22-27,43-45,47,59,65,83H,5,8,13-14,21,28-42,46,48-50H2,1-3H3,(H,95,96)/p-1/t65-,72-/m0/s1. The zero-order chi connectivity index (χ0) is 69.9. The Hall–Kier alpha value is -8.45. The molecule has 3 aliphatic heterocycles. The third-order valence-electron chi connectivity index (χ3n) is 19.9. The van der Waals surface area contributed by atoms with Gasteiger partial charge in [-0.15, -0.1) is 0 Å². The number of likely N-dealkylation sites (tertiary alicyclic amines) is 2. The van der Waals surface area contributed by atoms with Crippen LogP contribution in [0.1, 0.15) is 113 Å². The Bertz CT molecular complexity index is 3720. The summed E-state index contributed by atoms with van der Waals surface area (Å²) in [6.45, 7) is 4.37. The molecular weight excluding hydrogens is 1280 g/mol. The van der Waals surface area contributed by atoms with Gasteiger partial charge in [-0.2, -0.15) is 26.3 Å². The number of hydrogen-bond donors (Lipinski definition) is 1. The van der Waals surface area contributed by atoms with Crippen molar-refractivity contribution < 1.29 is 73.7 Å². The number of carboxylic acid groups (broad SMARTS) is 1. The molecule has 524 valence electrons. The number of carbonyl (C=O) groups excluding carboxylic acids is 5. The number of carbonyl (C=O) groups is 5. The summed E-state index contributed by atoms with van der Waals surface area (Å²) in [6.07, 6.45) is -5.59. The van der Waals surface area contributed by atoms with Crippen molar-refractivity contribution in [3.8, 4) is 11.1 Å². The topological polar surface area (TPSA) is 162 Å². The summed E-state index contributed by atoms with van der Waals surface area (Å²) in [7, 11) is 5.08. The van der Waals surface area contributed by atoms with Crippen LogP contribution in [0, 0.1) is 11.6 Å². The number of halogens is 8. The van der Waals surface area contributed by atoms with E-state index in [0.29, 0.717) is 140 Å². The van der Waals surface area contributed by atoms with Crippen molar-refractivity contribution >= 4 is 41.1 Å². The molecule has 1 spiro atoms. The van der Waals surface area contributed by atoms with Crippen LogP contribution in [0.15, 0.2) is 140 Å². The monoisotopic (exact) mass is 1360 g/mol. The molecule has 0 bridgehead atoms. The minimum absolute atomic E-state index is 0.0334. The Morgan fingerprint density at radius 2 is 1.31 bits per heavy atom. The minimum atomic E-state index is -5.16. The fourth-order valence-electron chi connectivity index (χ4n) is 14.2. The van der Waals surface area contributed by atoms with E-state index in [1.54, 1.807) is 37.0 Å². The molecule has 16 nitrogen and oxygen atoms in total. The number of amides is 5. The first-order valence-electron chi connectivity index (χ1n) is 33.4. The first-order valence-corrected chi connectivity index (χ1v) is 33.4. The van der Waals surface area contributed by atoms with Gasteiger partial charge in [0.1, 0.15) is 36.7 Å². The molecule has 0 unspecified atom stereocenters. The van der Waals surface area contributed by atoms with Crippen LogP contribution >= 0.6 is 0 Å². The van der Waals surface area contributed by atoms with E-state index < -0.39 is 70.4 Å². The molecule has 3 fully saturated rings. The largest absolute Gasteiger partial charge is 0.530 e. The highest BCUT2D eigenvalue weighted by atomic mass is 19.4. The van der Waals surface area contributed by atoms with E-state index in [9.17, 15) is 59.8 Å². The lowest BCUT2D eigenvalue weighted by atomic mass is 9.72. The summed E-state index contributed by atoms with van der Waals surface area (Å²) in [5.74, 6) is -2.80. The van der Waals surface area contributed by atoms with E-state index in [1.807, 2.05) is 66.7 Å². The number of rotatable bonds is 26. The maximum absolute atomic E-state index is 15.4. The highest BCUT2D eigenvalue weighted by molar-refractivity contribution is 5.96. The van der Waals surface area contributed by atoms with Crippen molar-refractivity contribution in [2.45, 2.75) is 106 Å². The quantitative estimate of drug-likeness (QED) is 0.0406. The van der Waals surface area contributed by atoms with Crippen LogP contribution in [0.25, 0.3) is 11.1 Å². The molecule has 4 aliphatic rings. The molecule has 6 aromatic rings. The Morgan fingerprint density at radius 1 is 0.663 bits per heavy atom. The predicted molar refractivity (Wildman–Crippen MR) is 353 cm³/mol. The zero-order valence-electron chi connectivity index (χ0n) is 55.3. The summed E-state index contributed by atoms with van der Waals surface area (Å²) in [5, 5.41) is 15.6. The lowest BCUT2D eigenvalue weighted by molar-refractivity contribution is -0.247. The van der Waals surface area contributed by atoms with Gasteiger partial charge in [-0.3, -0.25) is 19.2 Å². The fourth-order valence-corrected chi connectivity index (χ4v) is 14.2. The molecule has 98 heavy (non-hydrogen) atoms. The number of unbranched alkanes of at least 4 members (excludes halogenated alkanes) is 2. The Kier molecular flexibility index (Phi) is 23.3. The third-order valence-corrected chi connectivity index (χ3v) is 19.9. The fraction of sp³-hybridized carbons (Fsp3) is 0.446. The molecule has 24 heteroatoms. The number of alkyl halides is 6. The lowest BCUT2D eigenvalue weighted by Gasteiger charge is -2.44. The van der Waals surface area contributed by atoms with E-state index >= 15 is 4.39 Å². The Labute approximate surface area is 566 Å². The van der Waals surface area contributed by atoms with Gasteiger partial charge in [0.15, 0.2) is 0 Å². The second-order valence-corrected chi connectivity index (χ2v) is 26.2. The van der Waals surface area contributed by atoms with Gasteiger partial charge in [-0.25, -0.2) is 8.78 Å². The molecule has 3 saturated heterocycles. The number of hydrogen-bond acceptors (Lipinski definition) is 11. The number of nitrogens with zero attached hydrogens (tertiary/aromatic N) is 7. The normalized spacial score (nSPS) is 18.2. The minimum Gasteiger partial charge on any atom is -0.530 e. The lowest BCUT2D eigenvalue weighted by Crippen LogP contribution is -2.52. The van der Waals surface area contributed by atoms with Crippen LogP contribution in [-0.4, -0.2) is 178 Å². The van der Waals surface area contributed by atoms with Crippen LogP contribution in [-0.2, 0) is 48.9 Å². The molecule has 1 aliphatic carbocycles. The van der Waals surface area contributed by atoms with Crippen molar-refractivity contribution in [2.24, 2.45) is 0 Å². The van der Waals surface area contributed by atoms with Gasteiger partial charge >= 0.3 is 12.4 Å². The maximum Gasteiger partial charge on any atom is 0.416 e. The summed E-state index contributed by atoms with van der Waals surface area (Å²) < 4.78 is 125. The number of piperidine rings is 2. The van der Waals surface area contributed by atoms with Crippen molar-refractivity contribution in [1.82, 2.24) is 29.4 Å². The predicted octanol–water partition coefficient (Wildman–Crippen LogP) is 11.7. The summed E-state index contributed by atoms with van der Waals surface area (Å²) in [5.41, 5.74) is -0.225. The third kappa shape index (κ3) is 17.3. The average Bonchev–Trinajstić information content (AvgIpc) is 1.58. The van der Waals surface area contributed by atoms with Gasteiger partial charge in [0.05, 0.1) is 35.2 Å². The van der Waals surface area contributed by atoms with Gasteiger partial charge in [-0.05, 0) is 148 Å². The van der Waals surface area contributed by atoms with Crippen molar-refractivity contribution in [3.05, 3.63) is 190 Å². The SMILES string of the molecule is CN(CCN1CCC(N(C(=O)[O-])c2ccccc2-c2ccccc2)CC1)C(=O)CCCCCNc1ccc(C(=O)N(C)CCCN(C)C(=O)CO[C@H]2Cc3ccccc3C23CCN(CC[C@@]2(c4ccc(F)cc4)CN(C(=O)c4cc(C(F)(F)F)cc(C(F)(F)F)c4)CO2)CC3)cc1F. The molecule has 10 rings (SSSR count). The smallest absolute Gasteiger partial charge is 0.416 e. The number of para-hydroxylation sites is 1. The van der Waals surface area contributed by atoms with Crippen molar-refractivity contribution in [1.29, 1.82) is 0 Å². The summed E-state index contributed by atoms with van der Waals surface area (Å²) >= 11 is 0. The first-order chi connectivity index (χ1) is 46.8. The molecule has 3 heterocycles. The molecular formula is C74H83F8N8O8-. The Morgan fingerprint density at radius 3 is 1.99 bits per heavy atom. The highest BCUT2D eigenvalue weighted by Gasteiger charge is 2.50. The molecule has 5 amide bonds. The zero-order valence-corrected chi connectivity index (χ0v) is 55.3. The van der Waals surface area contributed by atoms with E-state index in [-0.39, 0.29) is 73.3 Å². The second kappa shape index (κ2) is 31.6. The van der Waals surface area contributed by atoms with Crippen LogP contribution in [0.3, 0.4) is 0 Å². The number of fused-ring (bicyclic) bond motifs is 2. The first kappa shape index (κ1) is 72.3. The van der Waals surface area contributed by atoms with Crippen molar-refractivity contribution in [3.63, 3.8) is 0 Å². The molecule has 0 saturated carbocycles. The average molecular weight is 1360 g/mol. The number of nitrogens with one attached hydrogen (secondary N) is 1. The number of anilines is 2. The summed E-state index contributed by atoms with van der Waals surface area (Å²) in [4.78, 5) is 78.1. The van der Waals surface area contributed by atoms with Gasteiger partial charge in [-0.1, -0.05) is 91.3 Å². The highest BCUT2D eigenvalue weighted by Crippen LogP contribution is 2.49. The number of likely N-dealkylation sites (N-methyl/N-ethyl adjacent to an activating group) is 2. The van der Waals surface area contributed by atoms with Crippen LogP contribution < -0.4 is 15.3 Å². The summed E-state index contributed by atoms with van der Waals surface area (Å²) in [6, 6.07) is 35.5. The van der Waals surface area contributed by atoms with E-state index in [4.69, 9.17) is 9.47 Å². The molecule has 1 N–H and O–H groups in total. The van der Waals surface area contributed by atoms with Crippen LogP contribution in [0.2, 0.25) is 0 Å². The van der Waals surface area contributed by atoms with Gasteiger partial charge in [0, 0.05) is 108 Å². The van der Waals surface area contributed by atoms with Crippen LogP contribution in [0.5, 0.6) is 0 Å². The van der Waals surface area contributed by atoms with Crippen molar-refractivity contribution in [2.75, 3.05) is 117 Å². The molecule has 6 aromatic carbocycles. The van der Waals surface area contributed by atoms with E-state index in [2.05, 4.69) is 27.2 Å². The number of ether oxygens (including phenoxy) is 2. The maximum atomic E-state index is 15.4. The van der Waals surface area contributed by atoms with Crippen LogP contribution in [0.4, 0.5) is 51.3 Å². The van der Waals surface area contributed by atoms with Gasteiger partial charge in [0.25, 0.3) is 11.8 Å². The molecule has 0 aromatic heterocycles. The Balaban J connectivity index is 0.623. The molecule has 2 atom stereocenters. The van der Waals surface area contributed by atoms with E-state index in [0.717, 1.165) is 33.6 Å².